The van der Waals surface area contributed by atoms with Gasteiger partial charge in [0.15, 0.2) is 5.78 Å². The third-order valence-electron chi connectivity index (χ3n) is 8.15. The van der Waals surface area contributed by atoms with Crippen LogP contribution in [0.15, 0.2) is 59.5 Å². The fourth-order valence-corrected chi connectivity index (χ4v) is 5.96. The first kappa shape index (κ1) is 36.2. The van der Waals surface area contributed by atoms with E-state index < -0.39 is 23.8 Å². The monoisotopic (exact) mass is 660 g/mol. The van der Waals surface area contributed by atoms with Gasteiger partial charge >= 0.3 is 12.2 Å². The molecule has 3 heterocycles. The molecule has 2 aromatic heterocycles. The number of amides is 2. The number of Topliss-reactive ketones (excluding diaryl/α,β-unsaturated/α-hetero) is 1. The maximum atomic E-state index is 13.7. The summed E-state index contributed by atoms with van der Waals surface area (Å²) in [7, 11) is 1.21. The zero-order valence-corrected chi connectivity index (χ0v) is 28.9. The number of nitrogens with zero attached hydrogens (tertiary/aromatic N) is 3. The third-order valence-corrected chi connectivity index (χ3v) is 8.15. The van der Waals surface area contributed by atoms with Gasteiger partial charge in [-0.25, -0.2) is 14.2 Å². The molecule has 1 fully saturated rings. The Balaban J connectivity index is 1.58. The zero-order chi connectivity index (χ0) is 35.0. The van der Waals surface area contributed by atoms with Gasteiger partial charge in [-0.15, -0.1) is 0 Å². The number of aromatic nitrogens is 2. The number of nitrogens with one attached hydrogen (secondary N) is 1. The van der Waals surface area contributed by atoms with Crippen molar-refractivity contribution in [2.45, 2.75) is 91.3 Å². The molecule has 1 atom stereocenters. The normalized spacial score (nSPS) is 14.1. The average molecular weight is 661 g/mol. The number of likely N-dealkylation sites (tertiary alicyclic amines) is 1. The number of hydrogen-bond acceptors (Lipinski definition) is 7. The van der Waals surface area contributed by atoms with Crippen LogP contribution < -0.4 is 10.9 Å². The Bertz CT molecular complexity index is 1720. The van der Waals surface area contributed by atoms with Gasteiger partial charge in [0.25, 0.3) is 5.56 Å². The van der Waals surface area contributed by atoms with E-state index in [1.54, 1.807) is 33.9 Å². The minimum Gasteiger partial charge on any atom is -0.453 e. The summed E-state index contributed by atoms with van der Waals surface area (Å²) in [5.74, 6) is -0.0810. The predicted molar refractivity (Wildman–Crippen MR) is 184 cm³/mol. The van der Waals surface area contributed by atoms with Crippen molar-refractivity contribution in [3.8, 4) is 0 Å². The van der Waals surface area contributed by atoms with Gasteiger partial charge in [0, 0.05) is 36.7 Å². The Morgan fingerprint density at radius 1 is 1.02 bits per heavy atom. The van der Waals surface area contributed by atoms with Crippen LogP contribution in [0, 0.1) is 5.92 Å². The van der Waals surface area contributed by atoms with Crippen LogP contribution in [0.3, 0.4) is 0 Å². The van der Waals surface area contributed by atoms with Gasteiger partial charge in [-0.2, -0.15) is 0 Å². The molecule has 0 saturated carbocycles. The summed E-state index contributed by atoms with van der Waals surface area (Å²) in [6.45, 7) is 11.2. The quantitative estimate of drug-likeness (QED) is 0.250. The van der Waals surface area contributed by atoms with E-state index in [-0.39, 0.29) is 42.2 Å². The highest BCUT2D eigenvalue weighted by atomic mass is 16.6. The number of ketones is 1. The molecule has 0 aliphatic carbocycles. The van der Waals surface area contributed by atoms with Gasteiger partial charge in [-0.1, -0.05) is 44.2 Å². The van der Waals surface area contributed by atoms with Crippen LogP contribution >= 0.6 is 0 Å². The topological polar surface area (TPSA) is 129 Å². The SMILES string of the molecule is COC(=O)N[C@@H](CC/C=C/C(=O)N1CCCC1)C(=O)Cc1cccn(Cc2cc3cccc(CC(C)C)c3n2C(=O)OC(C)(C)C)c1=O. The summed E-state index contributed by atoms with van der Waals surface area (Å²) in [5.41, 5.74) is 1.46. The molecular formula is C37H48N4O7. The van der Waals surface area contributed by atoms with Crippen LogP contribution in [0.5, 0.6) is 0 Å². The Labute approximate surface area is 281 Å². The molecule has 48 heavy (non-hydrogen) atoms. The molecule has 1 aliphatic rings. The molecule has 2 amide bonds. The van der Waals surface area contributed by atoms with Crippen molar-refractivity contribution in [2.75, 3.05) is 20.2 Å². The fraction of sp³-hybridized carbons (Fsp3) is 0.486. The number of ether oxygens (including phenoxy) is 2. The second-order valence-electron chi connectivity index (χ2n) is 13.7. The lowest BCUT2D eigenvalue weighted by Crippen LogP contribution is -2.42. The number of fused-ring (bicyclic) bond motifs is 1. The number of benzene rings is 1. The van der Waals surface area contributed by atoms with Gasteiger partial charge in [0.1, 0.15) is 5.60 Å². The summed E-state index contributed by atoms with van der Waals surface area (Å²) in [6.07, 6.45) is 6.65. The van der Waals surface area contributed by atoms with Crippen molar-refractivity contribution in [3.63, 3.8) is 0 Å². The number of para-hydroxylation sites is 1. The van der Waals surface area contributed by atoms with E-state index in [4.69, 9.17) is 9.47 Å². The maximum absolute atomic E-state index is 13.7. The smallest absolute Gasteiger partial charge is 0.419 e. The molecule has 4 rings (SSSR count). The molecule has 11 nitrogen and oxygen atoms in total. The highest BCUT2D eigenvalue weighted by Crippen LogP contribution is 2.27. The van der Waals surface area contributed by atoms with E-state index in [1.165, 1.54) is 17.8 Å². The summed E-state index contributed by atoms with van der Waals surface area (Å²) in [4.78, 5) is 67.0. The van der Waals surface area contributed by atoms with Gasteiger partial charge in [0.05, 0.1) is 30.9 Å². The Kier molecular flexibility index (Phi) is 12.0. The molecule has 0 radical (unpaired) electrons. The zero-order valence-electron chi connectivity index (χ0n) is 28.9. The van der Waals surface area contributed by atoms with Gasteiger partial charge in [-0.05, 0) is 82.6 Å². The summed E-state index contributed by atoms with van der Waals surface area (Å²) in [6, 6.07) is 10.1. The lowest BCUT2D eigenvalue weighted by molar-refractivity contribution is -0.125. The number of rotatable bonds is 12. The number of carbonyl (C=O) groups is 4. The number of allylic oxidation sites excluding steroid dienone is 1. The van der Waals surface area contributed by atoms with Crippen molar-refractivity contribution < 1.29 is 28.7 Å². The number of alkyl carbamates (subject to hydrolysis) is 1. The van der Waals surface area contributed by atoms with Gasteiger partial charge < -0.3 is 24.3 Å². The number of hydrogen-bond donors (Lipinski definition) is 1. The first-order valence-electron chi connectivity index (χ1n) is 16.6. The average Bonchev–Trinajstić information content (AvgIpc) is 3.68. The highest BCUT2D eigenvalue weighted by Gasteiger charge is 2.26. The molecule has 0 bridgehead atoms. The van der Waals surface area contributed by atoms with Crippen molar-refractivity contribution in [2.24, 2.45) is 5.92 Å². The summed E-state index contributed by atoms with van der Waals surface area (Å²) < 4.78 is 13.6. The molecule has 0 unspecified atom stereocenters. The predicted octanol–water partition coefficient (Wildman–Crippen LogP) is 5.63. The molecule has 1 saturated heterocycles. The third kappa shape index (κ3) is 9.45. The second-order valence-corrected chi connectivity index (χ2v) is 13.7. The molecule has 11 heteroatoms. The second kappa shape index (κ2) is 16.0. The summed E-state index contributed by atoms with van der Waals surface area (Å²) in [5, 5.41) is 3.43. The minimum absolute atomic E-state index is 0.0651. The van der Waals surface area contributed by atoms with Crippen LogP contribution in [-0.4, -0.2) is 69.8 Å². The highest BCUT2D eigenvalue weighted by molar-refractivity contribution is 5.93. The fourth-order valence-electron chi connectivity index (χ4n) is 5.96. The van der Waals surface area contributed by atoms with E-state index in [9.17, 15) is 24.0 Å². The molecule has 3 aromatic rings. The minimum atomic E-state index is -0.925. The first-order chi connectivity index (χ1) is 22.8. The van der Waals surface area contributed by atoms with Crippen LogP contribution in [-0.2, 0) is 38.4 Å². The van der Waals surface area contributed by atoms with Crippen molar-refractivity contribution in [1.29, 1.82) is 0 Å². The van der Waals surface area contributed by atoms with E-state index in [1.807, 2.05) is 45.0 Å². The van der Waals surface area contributed by atoms with E-state index in [2.05, 4.69) is 19.2 Å². The Morgan fingerprint density at radius 3 is 2.40 bits per heavy atom. The summed E-state index contributed by atoms with van der Waals surface area (Å²) >= 11 is 0. The van der Waals surface area contributed by atoms with Crippen molar-refractivity contribution in [1.82, 2.24) is 19.4 Å². The standard InChI is InChI=1S/C37H48N4O7/c1-25(2)21-26-13-11-14-27-22-29(41(33(26)27)36(46)48-37(3,4)5)24-40-20-12-15-28(34(40)44)23-31(42)30(38-35(45)47-6)16-7-8-17-32(43)39-18-9-10-19-39/h8,11-15,17,20,22,25,30H,7,9-10,16,18-19,21,23-24H2,1-6H3,(H,38,45)/b17-8+/t30-/m0/s1. The molecular weight excluding hydrogens is 612 g/mol. The lowest BCUT2D eigenvalue weighted by atomic mass is 10.0. The molecule has 0 spiro atoms. The Morgan fingerprint density at radius 2 is 1.73 bits per heavy atom. The number of carbonyl (C=O) groups excluding carboxylic acids is 4. The lowest BCUT2D eigenvalue weighted by Gasteiger charge is -2.22. The van der Waals surface area contributed by atoms with Crippen molar-refractivity contribution in [3.05, 3.63) is 81.9 Å². The van der Waals surface area contributed by atoms with E-state index >= 15 is 0 Å². The van der Waals surface area contributed by atoms with E-state index in [0.29, 0.717) is 18.0 Å². The molecule has 1 aliphatic heterocycles. The Hall–Kier alpha value is -4.67. The molecule has 258 valence electrons. The van der Waals surface area contributed by atoms with Crippen molar-refractivity contribution >= 4 is 34.8 Å². The molecule has 1 N–H and O–H groups in total. The maximum Gasteiger partial charge on any atom is 0.419 e. The van der Waals surface area contributed by atoms with Crippen LogP contribution in [0.4, 0.5) is 9.59 Å². The largest absolute Gasteiger partial charge is 0.453 e. The van der Waals surface area contributed by atoms with Gasteiger partial charge in [0.2, 0.25) is 5.91 Å². The number of pyridine rings is 1. The van der Waals surface area contributed by atoms with Crippen LogP contribution in [0.25, 0.3) is 10.9 Å². The van der Waals surface area contributed by atoms with Crippen LogP contribution in [0.2, 0.25) is 0 Å². The van der Waals surface area contributed by atoms with Gasteiger partial charge in [-0.3, -0.25) is 14.4 Å². The molecule has 1 aromatic carbocycles. The van der Waals surface area contributed by atoms with Crippen LogP contribution in [0.1, 0.15) is 77.1 Å². The first-order valence-corrected chi connectivity index (χ1v) is 16.6. The van der Waals surface area contributed by atoms with E-state index in [0.717, 1.165) is 48.8 Å². The number of methoxy groups -OCH3 is 1.